The maximum Gasteiger partial charge on any atom is 0.360 e. The van der Waals surface area contributed by atoms with Crippen LogP contribution in [-0.2, 0) is 4.79 Å². The van der Waals surface area contributed by atoms with Gasteiger partial charge in [-0.3, -0.25) is 0 Å². The number of carbonyl (C=O) groups is 1. The van der Waals surface area contributed by atoms with Gasteiger partial charge in [-0.25, -0.2) is 14.3 Å². The van der Waals surface area contributed by atoms with Crippen LogP contribution in [-0.4, -0.2) is 41.0 Å². The molecule has 0 saturated heterocycles. The Bertz CT molecular complexity index is 557. The van der Waals surface area contributed by atoms with Gasteiger partial charge in [0.1, 0.15) is 12.7 Å². The highest BCUT2D eigenvalue weighted by Gasteiger charge is 2.36. The number of hydrogen-bond acceptors (Lipinski definition) is 3. The smallest absolute Gasteiger partial charge is 0.360 e. The van der Waals surface area contributed by atoms with E-state index in [0.29, 0.717) is 17.6 Å². The zero-order chi connectivity index (χ0) is 22.6. The lowest BCUT2D eigenvalue weighted by molar-refractivity contribution is -0.778. The number of hydrogen-bond donors (Lipinski definition) is 2. The molecule has 0 aliphatic carbocycles. The summed E-state index contributed by atoms with van der Waals surface area (Å²) in [7, 11) is 0. The molecule has 0 radical (unpaired) electrons. The summed E-state index contributed by atoms with van der Waals surface area (Å²) in [4.78, 5) is 15.7. The average molecular weight is 435 g/mol. The van der Waals surface area contributed by atoms with Crippen LogP contribution >= 0.6 is 0 Å². The van der Waals surface area contributed by atoms with Crippen molar-refractivity contribution in [2.75, 3.05) is 19.6 Å². The van der Waals surface area contributed by atoms with E-state index < -0.39 is 5.97 Å². The summed E-state index contributed by atoms with van der Waals surface area (Å²) in [6.45, 7) is 3.35. The molecule has 0 aromatic heterocycles. The number of aliphatic carboxylic acids is 1. The largest absolute Gasteiger partial charge is 0.477 e. The molecular weight excluding hydrogens is 386 g/mol. The molecule has 0 spiro atoms. The van der Waals surface area contributed by atoms with E-state index in [-0.39, 0.29) is 6.54 Å². The third-order valence-corrected chi connectivity index (χ3v) is 6.18. The van der Waals surface area contributed by atoms with Crippen LogP contribution in [0.5, 0.6) is 0 Å². The third-order valence-electron chi connectivity index (χ3n) is 6.18. The number of nitrogens with two attached hydrogens (primary N) is 1. The van der Waals surface area contributed by atoms with Gasteiger partial charge in [0.25, 0.3) is 0 Å². The summed E-state index contributed by atoms with van der Waals surface area (Å²) in [5.74, 6) is 0.164. The van der Waals surface area contributed by atoms with E-state index in [1.807, 2.05) is 6.20 Å². The number of rotatable bonds is 21. The number of amidine groups is 1. The minimum absolute atomic E-state index is 0.0442. The van der Waals surface area contributed by atoms with Gasteiger partial charge in [-0.05, 0) is 25.7 Å². The Morgan fingerprint density at radius 3 is 2.03 bits per heavy atom. The monoisotopic (exact) mass is 434 g/mol. The van der Waals surface area contributed by atoms with Crippen LogP contribution in [0.4, 0.5) is 0 Å². The van der Waals surface area contributed by atoms with Gasteiger partial charge in [0.15, 0.2) is 6.54 Å². The van der Waals surface area contributed by atoms with Gasteiger partial charge in [0, 0.05) is 13.0 Å². The molecule has 0 saturated carbocycles. The van der Waals surface area contributed by atoms with Crippen LogP contribution in [0.25, 0.3) is 0 Å². The highest BCUT2D eigenvalue weighted by molar-refractivity contribution is 5.81. The number of quaternary nitrogens is 1. The van der Waals surface area contributed by atoms with Crippen molar-refractivity contribution in [1.29, 1.82) is 0 Å². The molecule has 1 heterocycles. The summed E-state index contributed by atoms with van der Waals surface area (Å²) >= 11 is 0. The Kier molecular flexibility index (Phi) is 16.1. The number of carboxylic acid groups (broad SMARTS) is 1. The number of aliphatic imine (C=N–C) groups is 1. The zero-order valence-electron chi connectivity index (χ0n) is 20.1. The first kappa shape index (κ1) is 27.6. The molecule has 5 heteroatoms. The van der Waals surface area contributed by atoms with Gasteiger partial charge in [-0.15, -0.1) is 0 Å². The molecule has 1 atom stereocenters. The lowest BCUT2D eigenvalue weighted by atomic mass is 10.0. The summed E-state index contributed by atoms with van der Waals surface area (Å²) in [6.07, 6.45) is 28.8. The Morgan fingerprint density at radius 2 is 1.48 bits per heavy atom. The van der Waals surface area contributed by atoms with E-state index in [2.05, 4.69) is 24.1 Å². The van der Waals surface area contributed by atoms with Crippen molar-refractivity contribution in [2.24, 2.45) is 10.7 Å². The lowest BCUT2D eigenvalue weighted by Gasteiger charge is -2.30. The van der Waals surface area contributed by atoms with Crippen LogP contribution in [0, 0.1) is 0 Å². The minimum Gasteiger partial charge on any atom is -0.477 e. The van der Waals surface area contributed by atoms with E-state index >= 15 is 0 Å². The molecule has 5 nitrogen and oxygen atoms in total. The fourth-order valence-corrected chi connectivity index (χ4v) is 4.35. The Balaban J connectivity index is 1.95. The van der Waals surface area contributed by atoms with Crippen molar-refractivity contribution < 1.29 is 14.4 Å². The second-order valence-corrected chi connectivity index (χ2v) is 8.98. The standard InChI is InChI=1S/C26H47N3O2/c1-2-3-4-5-6-7-8-9-10-11-12-13-14-15-16-17-18-19-25-28-21-23-29(25,22-20-27)24-26(30)31/h4-5,21,23H,2-3,6-20,22,24,27H2,1H3/p+1/b5-4+. The predicted octanol–water partition coefficient (Wildman–Crippen LogP) is 6.55. The highest BCUT2D eigenvalue weighted by Crippen LogP contribution is 2.21. The first-order valence-corrected chi connectivity index (χ1v) is 12.8. The van der Waals surface area contributed by atoms with E-state index in [4.69, 9.17) is 5.73 Å². The summed E-state index contributed by atoms with van der Waals surface area (Å²) in [6, 6.07) is 0. The maximum atomic E-state index is 11.3. The molecule has 0 aromatic carbocycles. The highest BCUT2D eigenvalue weighted by atomic mass is 16.4. The molecule has 1 unspecified atom stereocenters. The SMILES string of the molecule is CCC/C=C/CCCCCCCCCCCCCCC1=NC=C[N+]1(CCN)CC(=O)O. The molecule has 178 valence electrons. The van der Waals surface area contributed by atoms with Crippen LogP contribution < -0.4 is 5.73 Å². The Hall–Kier alpha value is -1.46. The van der Waals surface area contributed by atoms with Crippen LogP contribution in [0.15, 0.2) is 29.5 Å². The van der Waals surface area contributed by atoms with Gasteiger partial charge in [0.2, 0.25) is 5.84 Å². The van der Waals surface area contributed by atoms with Crippen LogP contribution in [0.2, 0.25) is 0 Å². The molecule has 1 rings (SSSR count). The first-order valence-electron chi connectivity index (χ1n) is 12.8. The fraction of sp³-hybridized carbons (Fsp3) is 0.769. The maximum absolute atomic E-state index is 11.3. The molecular formula is C26H48N3O2+. The fourth-order valence-electron chi connectivity index (χ4n) is 4.35. The van der Waals surface area contributed by atoms with Gasteiger partial charge in [-0.2, -0.15) is 0 Å². The van der Waals surface area contributed by atoms with Gasteiger partial charge in [0.05, 0.1) is 6.20 Å². The Labute approximate surface area is 191 Å². The zero-order valence-corrected chi connectivity index (χ0v) is 20.1. The molecule has 1 aliphatic heterocycles. The van der Waals surface area contributed by atoms with Crippen molar-refractivity contribution in [3.8, 4) is 0 Å². The van der Waals surface area contributed by atoms with E-state index in [9.17, 15) is 9.90 Å². The minimum atomic E-state index is -0.799. The van der Waals surface area contributed by atoms with Crippen molar-refractivity contribution in [3.63, 3.8) is 0 Å². The van der Waals surface area contributed by atoms with E-state index in [0.717, 1.165) is 18.7 Å². The van der Waals surface area contributed by atoms with Crippen molar-refractivity contribution >= 4 is 11.8 Å². The number of nitrogens with zero attached hydrogens (tertiary/aromatic N) is 2. The third kappa shape index (κ3) is 12.9. The molecule has 0 amide bonds. The first-order chi connectivity index (χ1) is 15.1. The second-order valence-electron chi connectivity index (χ2n) is 8.98. The molecule has 0 fully saturated rings. The second kappa shape index (κ2) is 18.1. The van der Waals surface area contributed by atoms with Crippen molar-refractivity contribution in [2.45, 2.75) is 110 Å². The van der Waals surface area contributed by atoms with E-state index in [1.54, 1.807) is 6.20 Å². The predicted molar refractivity (Wildman–Crippen MR) is 132 cm³/mol. The topological polar surface area (TPSA) is 75.7 Å². The average Bonchev–Trinajstić information content (AvgIpc) is 3.11. The quantitative estimate of drug-likeness (QED) is 0.122. The number of unbranched alkanes of at least 4 members (excludes halogenated alkanes) is 13. The molecule has 0 aromatic rings. The summed E-state index contributed by atoms with van der Waals surface area (Å²) < 4.78 is 0.307. The van der Waals surface area contributed by atoms with Gasteiger partial charge < -0.3 is 10.8 Å². The van der Waals surface area contributed by atoms with Crippen molar-refractivity contribution in [3.05, 3.63) is 24.6 Å². The van der Waals surface area contributed by atoms with Crippen LogP contribution in [0.3, 0.4) is 0 Å². The van der Waals surface area contributed by atoms with E-state index in [1.165, 1.54) is 89.9 Å². The molecule has 0 bridgehead atoms. The molecule has 31 heavy (non-hydrogen) atoms. The van der Waals surface area contributed by atoms with Gasteiger partial charge >= 0.3 is 5.97 Å². The molecule has 1 aliphatic rings. The van der Waals surface area contributed by atoms with Gasteiger partial charge in [-0.1, -0.05) is 89.7 Å². The summed E-state index contributed by atoms with van der Waals surface area (Å²) in [5, 5.41) is 9.26. The number of carboxylic acids is 1. The normalized spacial score (nSPS) is 18.2. The van der Waals surface area contributed by atoms with Crippen LogP contribution in [0.1, 0.15) is 110 Å². The lowest BCUT2D eigenvalue weighted by Crippen LogP contribution is -2.52. The summed E-state index contributed by atoms with van der Waals surface area (Å²) in [5.41, 5.74) is 5.73. The number of allylic oxidation sites excluding steroid dienone is 2. The molecule has 3 N–H and O–H groups in total. The van der Waals surface area contributed by atoms with Crippen molar-refractivity contribution in [1.82, 2.24) is 0 Å². The Morgan fingerprint density at radius 1 is 0.935 bits per heavy atom.